The molecule has 1 rings (SSSR count). The van der Waals surface area contributed by atoms with E-state index >= 15 is 0 Å². The number of nitrogens with zero attached hydrogens (tertiary/aromatic N) is 1. The van der Waals surface area contributed by atoms with Crippen LogP contribution in [0.5, 0.6) is 0 Å². The van der Waals surface area contributed by atoms with Gasteiger partial charge >= 0.3 is 0 Å². The second-order valence-electron chi connectivity index (χ2n) is 5.59. The molecule has 0 amide bonds. The Morgan fingerprint density at radius 3 is 2.86 bits per heavy atom. The number of guanidine groups is 1. The van der Waals surface area contributed by atoms with Crippen molar-refractivity contribution >= 4 is 5.96 Å². The van der Waals surface area contributed by atoms with Gasteiger partial charge in [-0.15, -0.1) is 0 Å². The quantitative estimate of drug-likeness (QED) is 0.315. The highest BCUT2D eigenvalue weighted by Gasteiger charge is 2.34. The van der Waals surface area contributed by atoms with Crippen LogP contribution < -0.4 is 10.6 Å². The lowest BCUT2D eigenvalue weighted by molar-refractivity contribution is 0.127. The fourth-order valence-corrected chi connectivity index (χ4v) is 2.39. The number of aliphatic imine (C=N–C) groups is 1. The average Bonchev–Trinajstić information content (AvgIpc) is 2.95. The number of hydrogen-bond acceptors (Lipinski definition) is 4. The van der Waals surface area contributed by atoms with Crippen molar-refractivity contribution in [1.29, 1.82) is 0 Å². The Morgan fingerprint density at radius 1 is 1.38 bits per heavy atom. The summed E-state index contributed by atoms with van der Waals surface area (Å²) in [5, 5.41) is 15.8. The molecule has 0 saturated carbocycles. The van der Waals surface area contributed by atoms with Gasteiger partial charge in [0.1, 0.15) is 0 Å². The van der Waals surface area contributed by atoms with Crippen LogP contribution in [0.4, 0.5) is 0 Å². The molecule has 1 heterocycles. The molecule has 1 aliphatic rings. The van der Waals surface area contributed by atoms with E-state index in [1.165, 1.54) is 0 Å². The molecule has 21 heavy (non-hydrogen) atoms. The predicted molar refractivity (Wildman–Crippen MR) is 84.7 cm³/mol. The molecule has 124 valence electrons. The molecule has 0 radical (unpaired) electrons. The van der Waals surface area contributed by atoms with Gasteiger partial charge in [-0.05, 0) is 19.3 Å². The fourth-order valence-electron chi connectivity index (χ4n) is 2.39. The first-order valence-corrected chi connectivity index (χ1v) is 7.97. The van der Waals surface area contributed by atoms with Crippen molar-refractivity contribution in [2.24, 2.45) is 10.4 Å². The third-order valence-electron chi connectivity index (χ3n) is 3.86. The van der Waals surface area contributed by atoms with Crippen LogP contribution in [0.3, 0.4) is 0 Å². The van der Waals surface area contributed by atoms with E-state index in [1.54, 1.807) is 7.05 Å². The van der Waals surface area contributed by atoms with Crippen LogP contribution in [0.15, 0.2) is 4.99 Å². The zero-order chi connectivity index (χ0) is 15.4. The number of aliphatic hydroxyl groups is 1. The number of ether oxygens (including phenoxy) is 2. The molecule has 0 bridgehead atoms. The summed E-state index contributed by atoms with van der Waals surface area (Å²) in [7, 11) is 1.76. The van der Waals surface area contributed by atoms with E-state index in [9.17, 15) is 5.11 Å². The first kappa shape index (κ1) is 18.2. The molecule has 0 aliphatic carbocycles. The average molecular weight is 301 g/mol. The summed E-state index contributed by atoms with van der Waals surface area (Å²) in [6.45, 7) is 6.85. The third kappa shape index (κ3) is 7.11. The van der Waals surface area contributed by atoms with Crippen molar-refractivity contribution < 1.29 is 14.6 Å². The van der Waals surface area contributed by atoms with E-state index in [1.807, 2.05) is 0 Å². The summed E-state index contributed by atoms with van der Waals surface area (Å²) in [5.41, 5.74) is 0.0317. The summed E-state index contributed by atoms with van der Waals surface area (Å²) in [4.78, 5) is 4.21. The van der Waals surface area contributed by atoms with Gasteiger partial charge in [-0.1, -0.05) is 13.3 Å². The highest BCUT2D eigenvalue weighted by molar-refractivity contribution is 5.79. The van der Waals surface area contributed by atoms with Gasteiger partial charge in [0.25, 0.3) is 0 Å². The topological polar surface area (TPSA) is 75.1 Å². The van der Waals surface area contributed by atoms with Crippen LogP contribution in [0.1, 0.15) is 32.6 Å². The van der Waals surface area contributed by atoms with E-state index in [0.29, 0.717) is 13.2 Å². The Balaban J connectivity index is 2.21. The molecule has 6 nitrogen and oxygen atoms in total. The molecule has 0 aromatic carbocycles. The van der Waals surface area contributed by atoms with Crippen LogP contribution in [0, 0.1) is 5.41 Å². The first-order chi connectivity index (χ1) is 10.3. The molecular weight excluding hydrogens is 270 g/mol. The zero-order valence-corrected chi connectivity index (χ0v) is 13.5. The summed E-state index contributed by atoms with van der Waals surface area (Å²) in [6.07, 6.45) is 4.01. The molecule has 3 N–H and O–H groups in total. The lowest BCUT2D eigenvalue weighted by atomic mass is 9.84. The van der Waals surface area contributed by atoms with Crippen LogP contribution in [-0.2, 0) is 9.47 Å². The standard InChI is InChI=1S/C15H31N3O3/c1-3-4-9-20-11-7-17-14(16-2)18-12-15(5-8-19)6-10-21-13-15/h19H,3-13H2,1-2H3,(H2,16,17,18). The highest BCUT2D eigenvalue weighted by Crippen LogP contribution is 2.31. The van der Waals surface area contributed by atoms with E-state index in [-0.39, 0.29) is 12.0 Å². The largest absolute Gasteiger partial charge is 0.396 e. The number of unbranched alkanes of at least 4 members (excludes halogenated alkanes) is 1. The van der Waals surface area contributed by atoms with Gasteiger partial charge in [-0.2, -0.15) is 0 Å². The van der Waals surface area contributed by atoms with Crippen LogP contribution in [-0.4, -0.2) is 64.2 Å². The minimum atomic E-state index is 0.0317. The maximum Gasteiger partial charge on any atom is 0.191 e. The Bertz CT molecular complexity index is 292. The van der Waals surface area contributed by atoms with Gasteiger partial charge in [-0.3, -0.25) is 4.99 Å². The lowest BCUT2D eigenvalue weighted by Gasteiger charge is -2.27. The summed E-state index contributed by atoms with van der Waals surface area (Å²) >= 11 is 0. The SMILES string of the molecule is CCCCOCCNC(=NC)NCC1(CCO)CCOC1. The molecule has 1 atom stereocenters. The Labute approximate surface area is 128 Å². The van der Waals surface area contributed by atoms with Crippen LogP contribution >= 0.6 is 0 Å². The van der Waals surface area contributed by atoms with Gasteiger partial charge < -0.3 is 25.2 Å². The van der Waals surface area contributed by atoms with Crippen LogP contribution in [0.2, 0.25) is 0 Å². The minimum Gasteiger partial charge on any atom is -0.396 e. The number of hydrogen-bond donors (Lipinski definition) is 3. The number of rotatable bonds is 10. The van der Waals surface area contributed by atoms with Gasteiger partial charge in [0.15, 0.2) is 5.96 Å². The molecule has 6 heteroatoms. The maximum absolute atomic E-state index is 9.21. The van der Waals surface area contributed by atoms with Gasteiger partial charge in [-0.25, -0.2) is 0 Å². The number of aliphatic hydroxyl groups excluding tert-OH is 1. The maximum atomic E-state index is 9.21. The summed E-state index contributed by atoms with van der Waals surface area (Å²) in [6, 6.07) is 0. The lowest BCUT2D eigenvalue weighted by Crippen LogP contribution is -2.45. The fraction of sp³-hybridized carbons (Fsp3) is 0.933. The van der Waals surface area contributed by atoms with Crippen molar-refractivity contribution in [2.45, 2.75) is 32.6 Å². The second-order valence-corrected chi connectivity index (χ2v) is 5.59. The van der Waals surface area contributed by atoms with Gasteiger partial charge in [0.05, 0.1) is 13.2 Å². The Hall–Kier alpha value is -0.850. The van der Waals surface area contributed by atoms with Crippen molar-refractivity contribution in [1.82, 2.24) is 10.6 Å². The molecular formula is C15H31N3O3. The summed E-state index contributed by atoms with van der Waals surface area (Å²) in [5.74, 6) is 0.776. The molecule has 0 aromatic rings. The predicted octanol–water partition coefficient (Wildman–Crippen LogP) is 0.757. The van der Waals surface area contributed by atoms with E-state index in [0.717, 1.165) is 57.9 Å². The Kier molecular flexibility index (Phi) is 9.37. The molecule has 1 fully saturated rings. The van der Waals surface area contributed by atoms with E-state index < -0.39 is 0 Å². The smallest absolute Gasteiger partial charge is 0.191 e. The van der Waals surface area contributed by atoms with E-state index in [4.69, 9.17) is 9.47 Å². The zero-order valence-electron chi connectivity index (χ0n) is 13.5. The van der Waals surface area contributed by atoms with E-state index in [2.05, 4.69) is 22.5 Å². The van der Waals surface area contributed by atoms with Crippen molar-refractivity contribution in [3.8, 4) is 0 Å². The second kappa shape index (κ2) is 10.8. The van der Waals surface area contributed by atoms with Gasteiger partial charge in [0, 0.05) is 45.4 Å². The molecule has 0 aromatic heterocycles. The van der Waals surface area contributed by atoms with Crippen molar-refractivity contribution in [3.05, 3.63) is 0 Å². The molecule has 1 unspecified atom stereocenters. The van der Waals surface area contributed by atoms with Crippen molar-refractivity contribution in [3.63, 3.8) is 0 Å². The highest BCUT2D eigenvalue weighted by atomic mass is 16.5. The van der Waals surface area contributed by atoms with Gasteiger partial charge in [0.2, 0.25) is 0 Å². The van der Waals surface area contributed by atoms with Crippen LogP contribution in [0.25, 0.3) is 0 Å². The summed E-state index contributed by atoms with van der Waals surface area (Å²) < 4.78 is 11.0. The Morgan fingerprint density at radius 2 is 2.24 bits per heavy atom. The first-order valence-electron chi connectivity index (χ1n) is 7.97. The van der Waals surface area contributed by atoms with Crippen molar-refractivity contribution in [2.75, 3.05) is 53.2 Å². The minimum absolute atomic E-state index is 0.0317. The normalized spacial score (nSPS) is 22.5. The number of nitrogens with one attached hydrogen (secondary N) is 2. The monoisotopic (exact) mass is 301 g/mol. The molecule has 1 aliphatic heterocycles. The third-order valence-corrected chi connectivity index (χ3v) is 3.86. The molecule has 0 spiro atoms. The molecule has 1 saturated heterocycles.